The summed E-state index contributed by atoms with van der Waals surface area (Å²) in [7, 11) is 0. The van der Waals surface area contributed by atoms with E-state index in [1.54, 1.807) is 0 Å². The van der Waals surface area contributed by atoms with Crippen LogP contribution in [0.4, 0.5) is 5.69 Å². The number of nitrogens with two attached hydrogens (primary N) is 2. The fourth-order valence-corrected chi connectivity index (χ4v) is 2.06. The molecule has 1 atom stereocenters. The molecule has 1 unspecified atom stereocenters. The maximum atomic E-state index is 11.3. The van der Waals surface area contributed by atoms with Crippen LogP contribution in [0.25, 0.3) is 0 Å². The molecule has 2 rings (SSSR count). The molecule has 94 valence electrons. The Hall–Kier alpha value is -2.17. The molecule has 1 aliphatic heterocycles. The van der Waals surface area contributed by atoms with E-state index in [2.05, 4.69) is 9.98 Å². The van der Waals surface area contributed by atoms with Crippen LogP contribution in [0.2, 0.25) is 0 Å². The molecule has 0 spiro atoms. The highest BCUT2D eigenvalue weighted by molar-refractivity contribution is 6.07. The summed E-state index contributed by atoms with van der Waals surface area (Å²) >= 11 is 0. The average molecular weight is 244 g/mol. The molecule has 1 aliphatic rings. The average Bonchev–Trinajstić information content (AvgIpc) is 2.30. The normalized spacial score (nSPS) is 19.3. The summed E-state index contributed by atoms with van der Waals surface area (Å²) in [6, 6.07) is 7.52. The van der Waals surface area contributed by atoms with Crippen LogP contribution in [0.15, 0.2) is 34.3 Å². The second-order valence-corrected chi connectivity index (χ2v) is 4.43. The van der Waals surface area contributed by atoms with Crippen molar-refractivity contribution in [3.63, 3.8) is 0 Å². The van der Waals surface area contributed by atoms with E-state index >= 15 is 0 Å². The number of Topliss-reactive ketones (excluding diaryl/α,β-unsaturated/α-hetero) is 1. The molecular formula is C13H16N4O. The van der Waals surface area contributed by atoms with E-state index < -0.39 is 0 Å². The molecule has 0 amide bonds. The predicted octanol–water partition coefficient (Wildman–Crippen LogP) is 0.990. The topological polar surface area (TPSA) is 93.8 Å². The van der Waals surface area contributed by atoms with E-state index in [1.165, 1.54) is 0 Å². The highest BCUT2D eigenvalue weighted by Crippen LogP contribution is 2.20. The van der Waals surface area contributed by atoms with Crippen LogP contribution in [0.5, 0.6) is 0 Å². The Labute approximate surface area is 106 Å². The molecular weight excluding hydrogens is 228 g/mol. The van der Waals surface area contributed by atoms with E-state index in [1.807, 2.05) is 31.2 Å². The summed E-state index contributed by atoms with van der Waals surface area (Å²) in [4.78, 5) is 19.6. The van der Waals surface area contributed by atoms with Crippen molar-refractivity contribution in [2.45, 2.75) is 13.3 Å². The predicted molar refractivity (Wildman–Crippen MR) is 72.1 cm³/mol. The number of rotatable bonds is 2. The quantitative estimate of drug-likeness (QED) is 0.600. The Bertz CT molecular complexity index is 512. The summed E-state index contributed by atoms with van der Waals surface area (Å²) in [6.07, 6.45) is 0.564. The van der Waals surface area contributed by atoms with Crippen molar-refractivity contribution in [3.05, 3.63) is 29.8 Å². The minimum atomic E-state index is 0.0386. The third kappa shape index (κ3) is 2.74. The van der Waals surface area contributed by atoms with Gasteiger partial charge in [0, 0.05) is 18.1 Å². The zero-order chi connectivity index (χ0) is 13.1. The Kier molecular flexibility index (Phi) is 3.41. The van der Waals surface area contributed by atoms with Gasteiger partial charge in [0.05, 0.1) is 12.2 Å². The molecule has 1 aromatic rings. The lowest BCUT2D eigenvalue weighted by Gasteiger charge is -2.18. The van der Waals surface area contributed by atoms with E-state index in [0.29, 0.717) is 12.1 Å². The smallest absolute Gasteiger partial charge is 0.191 e. The number of nitrogens with zero attached hydrogens (tertiary/aromatic N) is 2. The van der Waals surface area contributed by atoms with Crippen molar-refractivity contribution in [1.29, 1.82) is 0 Å². The Balaban J connectivity index is 2.25. The number of guanidine groups is 1. The van der Waals surface area contributed by atoms with Crippen molar-refractivity contribution in [3.8, 4) is 0 Å². The van der Waals surface area contributed by atoms with Crippen LogP contribution in [0.3, 0.4) is 0 Å². The van der Waals surface area contributed by atoms with Gasteiger partial charge in [-0.25, -0.2) is 4.99 Å². The molecule has 1 heterocycles. The van der Waals surface area contributed by atoms with Crippen LogP contribution in [-0.4, -0.2) is 24.0 Å². The van der Waals surface area contributed by atoms with Crippen molar-refractivity contribution < 1.29 is 4.79 Å². The van der Waals surface area contributed by atoms with Gasteiger partial charge in [-0.05, 0) is 17.7 Å². The van der Waals surface area contributed by atoms with E-state index in [4.69, 9.17) is 11.5 Å². The van der Waals surface area contributed by atoms with Gasteiger partial charge in [-0.15, -0.1) is 0 Å². The van der Waals surface area contributed by atoms with Crippen molar-refractivity contribution >= 4 is 23.1 Å². The van der Waals surface area contributed by atoms with Crippen molar-refractivity contribution in [2.75, 3.05) is 6.54 Å². The van der Waals surface area contributed by atoms with Gasteiger partial charge in [0.25, 0.3) is 0 Å². The van der Waals surface area contributed by atoms with Gasteiger partial charge < -0.3 is 11.5 Å². The number of ketones is 1. The maximum absolute atomic E-state index is 11.3. The number of hydrogen-bond acceptors (Lipinski definition) is 3. The summed E-state index contributed by atoms with van der Waals surface area (Å²) in [5.74, 6) is 0.403. The van der Waals surface area contributed by atoms with Crippen LogP contribution < -0.4 is 11.5 Å². The standard InChI is InChI=1S/C13H16N4O/c1-8-6-11(18)7-16-12(8)9-2-4-10(5-3-9)17-13(14)15/h2-5,8H,6-7H2,1H3,(H4,14,15,17). The molecule has 0 aromatic heterocycles. The first kappa shape index (κ1) is 12.3. The number of carbonyl (C=O) groups is 1. The molecule has 18 heavy (non-hydrogen) atoms. The molecule has 0 radical (unpaired) electrons. The fraction of sp³-hybridized carbons (Fsp3) is 0.308. The van der Waals surface area contributed by atoms with Gasteiger partial charge in [-0.3, -0.25) is 9.79 Å². The lowest BCUT2D eigenvalue weighted by Crippen LogP contribution is -2.24. The lowest BCUT2D eigenvalue weighted by atomic mass is 9.91. The molecule has 0 bridgehead atoms. The fourth-order valence-electron chi connectivity index (χ4n) is 2.06. The molecule has 0 saturated heterocycles. The van der Waals surface area contributed by atoms with Crippen molar-refractivity contribution in [1.82, 2.24) is 0 Å². The molecule has 0 fully saturated rings. The Morgan fingerprint density at radius 3 is 2.56 bits per heavy atom. The first-order valence-electron chi connectivity index (χ1n) is 5.82. The van der Waals surface area contributed by atoms with E-state index in [9.17, 15) is 4.79 Å². The minimum Gasteiger partial charge on any atom is -0.370 e. The van der Waals surface area contributed by atoms with Gasteiger partial charge in [0.15, 0.2) is 11.7 Å². The number of hydrogen-bond donors (Lipinski definition) is 2. The van der Waals surface area contributed by atoms with Crippen LogP contribution in [-0.2, 0) is 4.79 Å². The zero-order valence-electron chi connectivity index (χ0n) is 10.3. The van der Waals surface area contributed by atoms with Gasteiger partial charge >= 0.3 is 0 Å². The third-order valence-electron chi connectivity index (χ3n) is 2.85. The van der Waals surface area contributed by atoms with Gasteiger partial charge in [0.2, 0.25) is 0 Å². The van der Waals surface area contributed by atoms with E-state index in [-0.39, 0.29) is 24.2 Å². The third-order valence-corrected chi connectivity index (χ3v) is 2.85. The number of aliphatic imine (C=N–C) groups is 2. The molecule has 0 aliphatic carbocycles. The van der Waals surface area contributed by atoms with Gasteiger partial charge in [-0.2, -0.15) is 0 Å². The first-order chi connectivity index (χ1) is 8.56. The van der Waals surface area contributed by atoms with E-state index in [0.717, 1.165) is 11.3 Å². The van der Waals surface area contributed by atoms with Crippen LogP contribution in [0.1, 0.15) is 18.9 Å². The molecule has 4 N–H and O–H groups in total. The van der Waals surface area contributed by atoms with Gasteiger partial charge in [-0.1, -0.05) is 19.1 Å². The summed E-state index contributed by atoms with van der Waals surface area (Å²) in [5, 5.41) is 0. The summed E-state index contributed by atoms with van der Waals surface area (Å²) in [5.41, 5.74) is 13.3. The second kappa shape index (κ2) is 5.00. The highest BCUT2D eigenvalue weighted by Gasteiger charge is 2.20. The number of carbonyl (C=O) groups excluding carboxylic acids is 1. The second-order valence-electron chi connectivity index (χ2n) is 4.43. The largest absolute Gasteiger partial charge is 0.370 e. The summed E-state index contributed by atoms with van der Waals surface area (Å²) < 4.78 is 0. The zero-order valence-corrected chi connectivity index (χ0v) is 10.3. The van der Waals surface area contributed by atoms with Crippen LogP contribution >= 0.6 is 0 Å². The molecule has 5 heteroatoms. The molecule has 0 saturated carbocycles. The SMILES string of the molecule is CC1CC(=O)CN=C1c1ccc(N=C(N)N)cc1. The van der Waals surface area contributed by atoms with Crippen LogP contribution in [0, 0.1) is 5.92 Å². The van der Waals surface area contributed by atoms with Crippen molar-refractivity contribution in [2.24, 2.45) is 27.4 Å². The molecule has 5 nitrogen and oxygen atoms in total. The highest BCUT2D eigenvalue weighted by atomic mass is 16.1. The van der Waals surface area contributed by atoms with Gasteiger partial charge in [0.1, 0.15) is 0 Å². The minimum absolute atomic E-state index is 0.0386. The number of benzene rings is 1. The summed E-state index contributed by atoms with van der Waals surface area (Å²) in [6.45, 7) is 2.30. The molecule has 1 aromatic carbocycles. The Morgan fingerprint density at radius 2 is 2.00 bits per heavy atom. The Morgan fingerprint density at radius 1 is 1.33 bits per heavy atom. The monoisotopic (exact) mass is 244 g/mol. The maximum Gasteiger partial charge on any atom is 0.191 e. The first-order valence-corrected chi connectivity index (χ1v) is 5.82. The lowest BCUT2D eigenvalue weighted by molar-refractivity contribution is -0.118.